The van der Waals surface area contributed by atoms with E-state index in [1.807, 2.05) is 31.3 Å². The minimum absolute atomic E-state index is 0.103. The zero-order chi connectivity index (χ0) is 17.0. The van der Waals surface area contributed by atoms with Gasteiger partial charge in [0.05, 0.1) is 5.56 Å². The maximum Gasteiger partial charge on any atom is 0.149 e. The van der Waals surface area contributed by atoms with Crippen LogP contribution < -0.4 is 4.90 Å². The Labute approximate surface area is 146 Å². The Bertz CT molecular complexity index is 761. The van der Waals surface area contributed by atoms with Gasteiger partial charge in [-0.05, 0) is 43.2 Å². The van der Waals surface area contributed by atoms with Crippen molar-refractivity contribution in [3.63, 3.8) is 0 Å². The fraction of sp³-hybridized carbons (Fsp3) is 0.235. The van der Waals surface area contributed by atoms with E-state index in [1.54, 1.807) is 18.3 Å². The number of hydrogen-bond acceptors (Lipinski definition) is 4. The molecule has 0 amide bonds. The third kappa shape index (κ3) is 4.22. The zero-order valence-corrected chi connectivity index (χ0v) is 14.6. The van der Waals surface area contributed by atoms with Crippen molar-refractivity contribution in [2.24, 2.45) is 0 Å². The molecule has 0 fully saturated rings. The van der Waals surface area contributed by atoms with Crippen LogP contribution in [0.4, 0.5) is 5.82 Å². The predicted molar refractivity (Wildman–Crippen MR) is 95.7 cm³/mol. The molecule has 0 atom stereocenters. The van der Waals surface area contributed by atoms with Gasteiger partial charge >= 0.3 is 0 Å². The molecule has 0 radical (unpaired) electrons. The van der Waals surface area contributed by atoms with Crippen molar-refractivity contribution in [3.05, 3.63) is 51.4 Å². The number of aromatic nitrogens is 2. The molecular formula is C17H16Cl2N4. The van der Waals surface area contributed by atoms with E-state index in [-0.39, 0.29) is 10.3 Å². The number of rotatable bonds is 4. The maximum absolute atomic E-state index is 9.17. The standard InChI is InChI=1S/C17H16Cl2N4/c1-11(2)23(3)16-7-5-12(10-21-16)4-6-13-8-15(18)22-17(19)14(13)9-20/h4-8,10-11H,1-3H3/b6-4+. The summed E-state index contributed by atoms with van der Waals surface area (Å²) in [6.45, 7) is 4.21. The number of nitrogens with zero attached hydrogens (tertiary/aromatic N) is 4. The van der Waals surface area contributed by atoms with Crippen molar-refractivity contribution in [2.75, 3.05) is 11.9 Å². The Balaban J connectivity index is 2.26. The topological polar surface area (TPSA) is 52.8 Å². The molecule has 4 nitrogen and oxygen atoms in total. The van der Waals surface area contributed by atoms with Crippen molar-refractivity contribution in [1.82, 2.24) is 9.97 Å². The Hall–Kier alpha value is -2.09. The highest BCUT2D eigenvalue weighted by Crippen LogP contribution is 2.23. The molecule has 2 aromatic heterocycles. The van der Waals surface area contributed by atoms with E-state index >= 15 is 0 Å². The molecule has 0 bridgehead atoms. The van der Waals surface area contributed by atoms with E-state index in [0.717, 1.165) is 11.4 Å². The Kier molecular flexibility index (Phi) is 5.59. The van der Waals surface area contributed by atoms with Crippen LogP contribution in [0.1, 0.15) is 30.5 Å². The summed E-state index contributed by atoms with van der Waals surface area (Å²) in [6, 6.07) is 7.95. The minimum atomic E-state index is 0.103. The Morgan fingerprint density at radius 2 is 2.00 bits per heavy atom. The van der Waals surface area contributed by atoms with Crippen LogP contribution in [-0.4, -0.2) is 23.1 Å². The number of pyridine rings is 2. The minimum Gasteiger partial charge on any atom is -0.357 e. The molecule has 118 valence electrons. The Morgan fingerprint density at radius 1 is 1.26 bits per heavy atom. The van der Waals surface area contributed by atoms with E-state index in [1.165, 1.54) is 0 Å². The van der Waals surface area contributed by atoms with Crippen LogP contribution in [0.2, 0.25) is 10.3 Å². The van der Waals surface area contributed by atoms with Crippen molar-refractivity contribution >= 4 is 41.2 Å². The molecule has 0 aliphatic carbocycles. The lowest BCUT2D eigenvalue weighted by atomic mass is 10.1. The first kappa shape index (κ1) is 17.3. The number of nitriles is 1. The normalized spacial score (nSPS) is 11.0. The molecular weight excluding hydrogens is 331 g/mol. The highest BCUT2D eigenvalue weighted by Gasteiger charge is 2.08. The summed E-state index contributed by atoms with van der Waals surface area (Å²) in [5, 5.41) is 9.52. The molecule has 0 aliphatic heterocycles. The SMILES string of the molecule is CC(C)N(C)c1ccc(/C=C/c2cc(Cl)nc(Cl)c2C#N)cn1. The summed E-state index contributed by atoms with van der Waals surface area (Å²) in [5.41, 5.74) is 1.84. The monoisotopic (exact) mass is 346 g/mol. The quantitative estimate of drug-likeness (QED) is 0.754. The fourth-order valence-electron chi connectivity index (χ4n) is 1.90. The van der Waals surface area contributed by atoms with Gasteiger partial charge in [-0.2, -0.15) is 5.26 Å². The molecule has 0 unspecified atom stereocenters. The second kappa shape index (κ2) is 7.45. The summed E-state index contributed by atoms with van der Waals surface area (Å²) in [5.74, 6) is 0.907. The average molecular weight is 347 g/mol. The molecule has 6 heteroatoms. The zero-order valence-electron chi connectivity index (χ0n) is 13.1. The third-order valence-corrected chi connectivity index (χ3v) is 3.92. The van der Waals surface area contributed by atoms with Gasteiger partial charge in [-0.25, -0.2) is 9.97 Å². The lowest BCUT2D eigenvalue weighted by molar-refractivity contribution is 0.743. The van der Waals surface area contributed by atoms with Gasteiger partial charge in [-0.1, -0.05) is 35.4 Å². The summed E-state index contributed by atoms with van der Waals surface area (Å²) in [7, 11) is 2.00. The molecule has 2 heterocycles. The third-order valence-electron chi connectivity index (χ3n) is 3.45. The average Bonchev–Trinajstić information content (AvgIpc) is 2.52. The second-order valence-electron chi connectivity index (χ2n) is 5.30. The molecule has 23 heavy (non-hydrogen) atoms. The molecule has 2 rings (SSSR count). The van der Waals surface area contributed by atoms with E-state index in [2.05, 4.69) is 28.7 Å². The van der Waals surface area contributed by atoms with E-state index in [0.29, 0.717) is 17.2 Å². The lowest BCUT2D eigenvalue weighted by Gasteiger charge is -2.22. The van der Waals surface area contributed by atoms with Crippen LogP contribution >= 0.6 is 23.2 Å². The van der Waals surface area contributed by atoms with Gasteiger partial charge in [0.25, 0.3) is 0 Å². The first-order chi connectivity index (χ1) is 10.9. The van der Waals surface area contributed by atoms with Crippen molar-refractivity contribution in [2.45, 2.75) is 19.9 Å². The second-order valence-corrected chi connectivity index (χ2v) is 6.04. The summed E-state index contributed by atoms with van der Waals surface area (Å²) in [4.78, 5) is 10.4. The Morgan fingerprint density at radius 3 is 2.57 bits per heavy atom. The van der Waals surface area contributed by atoms with Gasteiger partial charge in [0.1, 0.15) is 22.2 Å². The van der Waals surface area contributed by atoms with Crippen molar-refractivity contribution < 1.29 is 0 Å². The largest absolute Gasteiger partial charge is 0.357 e. The smallest absolute Gasteiger partial charge is 0.149 e. The summed E-state index contributed by atoms with van der Waals surface area (Å²) >= 11 is 11.8. The fourth-order valence-corrected chi connectivity index (χ4v) is 2.39. The lowest BCUT2D eigenvalue weighted by Crippen LogP contribution is -2.26. The van der Waals surface area contributed by atoms with Crippen LogP contribution in [0.25, 0.3) is 12.2 Å². The number of hydrogen-bond donors (Lipinski definition) is 0. The number of anilines is 1. The van der Waals surface area contributed by atoms with Crippen LogP contribution in [0, 0.1) is 11.3 Å². The van der Waals surface area contributed by atoms with Crippen molar-refractivity contribution in [1.29, 1.82) is 5.26 Å². The van der Waals surface area contributed by atoms with E-state index < -0.39 is 0 Å². The van der Waals surface area contributed by atoms with Crippen LogP contribution in [0.3, 0.4) is 0 Å². The van der Waals surface area contributed by atoms with Crippen LogP contribution in [0.5, 0.6) is 0 Å². The summed E-state index contributed by atoms with van der Waals surface area (Å²) < 4.78 is 0. The molecule has 0 saturated heterocycles. The number of halogens is 2. The molecule has 2 aromatic rings. The first-order valence-corrected chi connectivity index (χ1v) is 7.81. The van der Waals surface area contributed by atoms with Crippen molar-refractivity contribution in [3.8, 4) is 6.07 Å². The highest BCUT2D eigenvalue weighted by molar-refractivity contribution is 6.33. The van der Waals surface area contributed by atoms with E-state index in [4.69, 9.17) is 28.5 Å². The molecule has 0 aromatic carbocycles. The first-order valence-electron chi connectivity index (χ1n) is 7.05. The molecule has 0 spiro atoms. The van der Waals surface area contributed by atoms with Gasteiger partial charge in [-0.15, -0.1) is 0 Å². The molecule has 0 N–H and O–H groups in total. The molecule has 0 saturated carbocycles. The summed E-state index contributed by atoms with van der Waals surface area (Å²) in [6.07, 6.45) is 5.41. The van der Waals surface area contributed by atoms with Gasteiger partial charge in [0.15, 0.2) is 0 Å². The maximum atomic E-state index is 9.17. The van der Waals surface area contributed by atoms with Crippen LogP contribution in [0.15, 0.2) is 24.4 Å². The highest BCUT2D eigenvalue weighted by atomic mass is 35.5. The predicted octanol–water partition coefficient (Wildman–Crippen LogP) is 4.67. The van der Waals surface area contributed by atoms with Gasteiger partial charge < -0.3 is 4.90 Å². The van der Waals surface area contributed by atoms with Gasteiger partial charge in [0.2, 0.25) is 0 Å². The van der Waals surface area contributed by atoms with Crippen LogP contribution in [-0.2, 0) is 0 Å². The van der Waals surface area contributed by atoms with Gasteiger partial charge in [0, 0.05) is 19.3 Å². The van der Waals surface area contributed by atoms with Gasteiger partial charge in [-0.3, -0.25) is 0 Å². The van der Waals surface area contributed by atoms with E-state index in [9.17, 15) is 0 Å². The molecule has 0 aliphatic rings.